The number of benzene rings is 4. The van der Waals surface area contributed by atoms with Crippen LogP contribution >= 0.6 is 11.3 Å². The number of carbonyl (C=O) groups is 1. The number of pyridine rings is 1. The number of para-hydroxylation sites is 1. The van der Waals surface area contributed by atoms with Crippen LogP contribution in [-0.2, 0) is 0 Å². The maximum atomic E-state index is 13.5. The molecule has 7 rings (SSSR count). The molecule has 3 N–H and O–H groups in total. The van der Waals surface area contributed by atoms with Crippen molar-refractivity contribution in [3.05, 3.63) is 120 Å². The Morgan fingerprint density at radius 3 is 2.49 bits per heavy atom. The zero-order valence-electron chi connectivity index (χ0n) is 22.0. The molecule has 0 aliphatic rings. The Morgan fingerprint density at radius 1 is 0.902 bits per heavy atom. The topological polar surface area (TPSA) is 97.9 Å². The van der Waals surface area contributed by atoms with Gasteiger partial charge in [-0.25, -0.2) is 4.98 Å². The first kappa shape index (κ1) is 24.7. The second-order valence-corrected chi connectivity index (χ2v) is 10.8. The summed E-state index contributed by atoms with van der Waals surface area (Å²) < 4.78 is 6.93. The van der Waals surface area contributed by atoms with Gasteiger partial charge in [-0.2, -0.15) is 0 Å². The molecule has 8 heteroatoms. The minimum absolute atomic E-state index is 0.207. The van der Waals surface area contributed by atoms with Crippen LogP contribution in [0.25, 0.3) is 49.1 Å². The van der Waals surface area contributed by atoms with Crippen LogP contribution in [0.15, 0.2) is 114 Å². The van der Waals surface area contributed by atoms with Crippen LogP contribution in [0.3, 0.4) is 0 Å². The van der Waals surface area contributed by atoms with Gasteiger partial charge in [0.2, 0.25) is 11.0 Å². The van der Waals surface area contributed by atoms with Gasteiger partial charge in [0, 0.05) is 23.1 Å². The number of hydrogen-bond donors (Lipinski definition) is 2. The summed E-state index contributed by atoms with van der Waals surface area (Å²) >= 11 is 1.26. The highest BCUT2D eigenvalue weighted by Gasteiger charge is 2.24. The zero-order valence-corrected chi connectivity index (χ0v) is 22.9. The number of anilines is 2. The van der Waals surface area contributed by atoms with E-state index in [9.17, 15) is 4.79 Å². The van der Waals surface area contributed by atoms with E-state index in [0.29, 0.717) is 15.4 Å². The molecule has 1 amide bonds. The number of amides is 1. The van der Waals surface area contributed by atoms with Crippen molar-refractivity contribution < 1.29 is 14.0 Å². The van der Waals surface area contributed by atoms with Gasteiger partial charge in [-0.15, -0.1) is 11.3 Å². The molecule has 7 aromatic rings. The number of nitrogens with zero attached hydrogens (tertiary/aromatic N) is 3. The molecular weight excluding hydrogens is 530 g/mol. The van der Waals surface area contributed by atoms with Crippen LogP contribution in [0.1, 0.15) is 15.2 Å². The average Bonchev–Trinajstić information content (AvgIpc) is 3.61. The SMILES string of the molecule is Cc1ccc(-c2cc(-c3cccc4ccccc34)nc3sc(C(=O)Nc4c[n+](-c5ccccc5)no4)c(N)c23)cc1. The van der Waals surface area contributed by atoms with Crippen LogP contribution in [0.2, 0.25) is 0 Å². The summed E-state index contributed by atoms with van der Waals surface area (Å²) in [4.78, 5) is 19.5. The van der Waals surface area contributed by atoms with E-state index in [-0.39, 0.29) is 11.8 Å². The van der Waals surface area contributed by atoms with Crippen molar-refractivity contribution in [3.8, 4) is 28.1 Å². The number of nitrogen functional groups attached to an aromatic ring is 1. The maximum absolute atomic E-state index is 13.5. The van der Waals surface area contributed by atoms with Crippen molar-refractivity contribution in [1.82, 2.24) is 10.3 Å². The molecule has 7 nitrogen and oxygen atoms in total. The molecule has 0 radical (unpaired) electrons. The molecule has 0 bridgehead atoms. The van der Waals surface area contributed by atoms with Crippen molar-refractivity contribution >= 4 is 49.8 Å². The molecule has 0 saturated heterocycles. The molecule has 3 heterocycles. The van der Waals surface area contributed by atoms with Gasteiger partial charge in [-0.1, -0.05) is 90.5 Å². The molecule has 0 fully saturated rings. The van der Waals surface area contributed by atoms with Crippen molar-refractivity contribution in [1.29, 1.82) is 0 Å². The van der Waals surface area contributed by atoms with E-state index in [1.807, 2.05) is 48.5 Å². The van der Waals surface area contributed by atoms with Gasteiger partial charge >= 0.3 is 5.88 Å². The summed E-state index contributed by atoms with van der Waals surface area (Å²) in [6, 6.07) is 34.3. The van der Waals surface area contributed by atoms with Gasteiger partial charge in [0.1, 0.15) is 9.71 Å². The lowest BCUT2D eigenvalue weighted by Crippen LogP contribution is -2.31. The first-order valence-corrected chi connectivity index (χ1v) is 13.9. The van der Waals surface area contributed by atoms with Crippen molar-refractivity contribution in [2.45, 2.75) is 6.92 Å². The van der Waals surface area contributed by atoms with Gasteiger partial charge in [0.25, 0.3) is 12.1 Å². The number of fused-ring (bicyclic) bond motifs is 2. The highest BCUT2D eigenvalue weighted by molar-refractivity contribution is 7.21. The fourth-order valence-electron chi connectivity index (χ4n) is 5.01. The van der Waals surface area contributed by atoms with Crippen LogP contribution in [-0.4, -0.2) is 16.2 Å². The molecule has 0 aliphatic heterocycles. The highest BCUT2D eigenvalue weighted by atomic mass is 32.1. The lowest BCUT2D eigenvalue weighted by molar-refractivity contribution is -0.670. The molecule has 0 unspecified atom stereocenters. The first-order valence-electron chi connectivity index (χ1n) is 13.1. The summed E-state index contributed by atoms with van der Waals surface area (Å²) in [5, 5.41) is 9.81. The smallest absolute Gasteiger partial charge is 0.303 e. The minimum atomic E-state index is -0.386. The normalized spacial score (nSPS) is 11.2. The number of nitrogens with two attached hydrogens (primary N) is 1. The van der Waals surface area contributed by atoms with Crippen molar-refractivity contribution in [2.75, 3.05) is 11.1 Å². The fourth-order valence-corrected chi connectivity index (χ4v) is 6.02. The number of carbonyl (C=O) groups excluding carboxylic acids is 1. The molecule has 0 saturated carbocycles. The second kappa shape index (κ2) is 10.0. The summed E-state index contributed by atoms with van der Waals surface area (Å²) in [7, 11) is 0. The van der Waals surface area contributed by atoms with Crippen LogP contribution in [0.4, 0.5) is 11.6 Å². The molecular formula is C33H24N5O2S+. The van der Waals surface area contributed by atoms with E-state index in [4.69, 9.17) is 15.2 Å². The van der Waals surface area contributed by atoms with Gasteiger partial charge in [-0.3, -0.25) is 14.6 Å². The van der Waals surface area contributed by atoms with Crippen molar-refractivity contribution in [2.24, 2.45) is 0 Å². The third-order valence-corrected chi connectivity index (χ3v) is 8.16. The minimum Gasteiger partial charge on any atom is -0.397 e. The summed E-state index contributed by atoms with van der Waals surface area (Å²) in [5.41, 5.74) is 12.8. The van der Waals surface area contributed by atoms with E-state index in [1.165, 1.54) is 11.3 Å². The predicted molar refractivity (Wildman–Crippen MR) is 163 cm³/mol. The van der Waals surface area contributed by atoms with E-state index in [0.717, 1.165) is 49.8 Å². The number of thiophene rings is 1. The fraction of sp³-hybridized carbons (Fsp3) is 0.0303. The van der Waals surface area contributed by atoms with Gasteiger partial charge in [-0.05, 0) is 39.6 Å². The predicted octanol–water partition coefficient (Wildman–Crippen LogP) is 7.19. The Hall–Kier alpha value is -5.34. The standard InChI is InChI=1S/C33H23N5O2S/c1-20-14-16-22(17-15-20)26-18-27(25-13-7-9-21-8-5-6-12-24(21)25)35-33-29(26)30(34)31(41-33)32(39)36-28-19-38(37-40-28)23-10-3-2-4-11-23/h2-19H,1H3,(H2-,34,36,37,39)/p+1. The molecule has 0 spiro atoms. The van der Waals surface area contributed by atoms with E-state index < -0.39 is 0 Å². The summed E-state index contributed by atoms with van der Waals surface area (Å²) in [6.07, 6.45) is 1.62. The highest BCUT2D eigenvalue weighted by Crippen LogP contribution is 2.42. The Kier molecular flexibility index (Phi) is 6.02. The van der Waals surface area contributed by atoms with Gasteiger partial charge in [0.15, 0.2) is 0 Å². The summed E-state index contributed by atoms with van der Waals surface area (Å²) in [6.45, 7) is 2.06. The zero-order chi connectivity index (χ0) is 27.9. The van der Waals surface area contributed by atoms with Crippen molar-refractivity contribution in [3.63, 3.8) is 0 Å². The Bertz CT molecular complexity index is 2060. The third kappa shape index (κ3) is 4.50. The first-order chi connectivity index (χ1) is 20.0. The van der Waals surface area contributed by atoms with Crippen LogP contribution in [0, 0.1) is 6.92 Å². The molecule has 0 atom stereocenters. The van der Waals surface area contributed by atoms with E-state index >= 15 is 0 Å². The third-order valence-electron chi connectivity index (χ3n) is 7.06. The monoisotopic (exact) mass is 554 g/mol. The van der Waals surface area contributed by atoms with E-state index in [2.05, 4.69) is 72.1 Å². The second-order valence-electron chi connectivity index (χ2n) is 9.77. The van der Waals surface area contributed by atoms with E-state index in [1.54, 1.807) is 10.9 Å². The largest absolute Gasteiger partial charge is 0.397 e. The van der Waals surface area contributed by atoms with Gasteiger partial charge < -0.3 is 5.73 Å². The molecule has 0 aliphatic carbocycles. The number of rotatable bonds is 5. The lowest BCUT2D eigenvalue weighted by atomic mass is 9.96. The van der Waals surface area contributed by atoms with Crippen LogP contribution in [0.5, 0.6) is 0 Å². The summed E-state index contributed by atoms with van der Waals surface area (Å²) in [5.74, 6) is -0.178. The lowest BCUT2D eigenvalue weighted by Gasteiger charge is -2.11. The van der Waals surface area contributed by atoms with Crippen LogP contribution < -0.4 is 15.7 Å². The molecule has 41 heavy (non-hydrogen) atoms. The number of aromatic nitrogens is 3. The molecule has 198 valence electrons. The number of aryl methyl sites for hydroxylation is 1. The number of nitrogens with one attached hydrogen (secondary N) is 1. The van der Waals surface area contributed by atoms with Gasteiger partial charge in [0.05, 0.1) is 11.4 Å². The quantitative estimate of drug-likeness (QED) is 0.220. The molecule has 3 aromatic heterocycles. The Morgan fingerprint density at radius 2 is 1.66 bits per heavy atom. The average molecular weight is 555 g/mol. The molecule has 4 aromatic carbocycles. The maximum Gasteiger partial charge on any atom is 0.303 e. The Labute approximate surface area is 239 Å². The Balaban J connectivity index is 1.34. The number of hydrogen-bond acceptors (Lipinski definition) is 6.